The summed E-state index contributed by atoms with van der Waals surface area (Å²) in [6.45, 7) is 2.09. The van der Waals surface area contributed by atoms with Crippen LogP contribution in [0.4, 0.5) is 5.82 Å². The number of nitrogens with two attached hydrogens (primary N) is 1. The number of nitrogens with zero attached hydrogens (tertiary/aromatic N) is 1. The van der Waals surface area contributed by atoms with Crippen molar-refractivity contribution in [2.24, 2.45) is 0 Å². The minimum absolute atomic E-state index is 0.451. The molecular weight excluding hydrogens is 244 g/mol. The lowest BCUT2D eigenvalue weighted by Gasteiger charge is -2.08. The summed E-state index contributed by atoms with van der Waals surface area (Å²) >= 11 is 0. The molecule has 0 bridgehead atoms. The second-order valence-electron chi connectivity index (χ2n) is 4.20. The van der Waals surface area contributed by atoms with Crippen LogP contribution < -0.4 is 15.2 Å². The number of aromatic nitrogens is 1. The van der Waals surface area contributed by atoms with Gasteiger partial charge in [0.25, 0.3) is 0 Å². The van der Waals surface area contributed by atoms with Gasteiger partial charge < -0.3 is 19.7 Å². The molecule has 1 aromatic carbocycles. The highest BCUT2D eigenvalue weighted by Gasteiger charge is 2.16. The Morgan fingerprint density at radius 1 is 1.21 bits per heavy atom. The summed E-state index contributed by atoms with van der Waals surface area (Å²) in [5, 5.41) is 3.84. The Morgan fingerprint density at radius 2 is 1.95 bits per heavy atom. The summed E-state index contributed by atoms with van der Waals surface area (Å²) in [5.74, 6) is 2.47. The molecule has 102 valence electrons. The van der Waals surface area contributed by atoms with E-state index in [1.807, 2.05) is 18.2 Å². The second-order valence-corrected chi connectivity index (χ2v) is 4.20. The highest BCUT2D eigenvalue weighted by molar-refractivity contribution is 5.69. The normalized spacial score (nSPS) is 10.5. The minimum Gasteiger partial charge on any atom is -0.493 e. The zero-order valence-corrected chi connectivity index (χ0v) is 11.4. The SMILES string of the molecule is CCCc1c(N)noc1-c1ccc(OC)c(OC)c1. The van der Waals surface area contributed by atoms with Gasteiger partial charge in [0, 0.05) is 11.1 Å². The number of methoxy groups -OCH3 is 2. The Hall–Kier alpha value is -2.17. The van der Waals surface area contributed by atoms with Crippen LogP contribution >= 0.6 is 0 Å². The number of benzene rings is 1. The molecule has 0 aliphatic rings. The monoisotopic (exact) mass is 262 g/mol. The third-order valence-corrected chi connectivity index (χ3v) is 2.96. The van der Waals surface area contributed by atoms with Crippen molar-refractivity contribution in [3.05, 3.63) is 23.8 Å². The Labute approximate surface area is 112 Å². The van der Waals surface area contributed by atoms with E-state index in [-0.39, 0.29) is 0 Å². The van der Waals surface area contributed by atoms with Crippen LogP contribution in [0.15, 0.2) is 22.7 Å². The molecule has 0 amide bonds. The van der Waals surface area contributed by atoms with E-state index < -0.39 is 0 Å². The van der Waals surface area contributed by atoms with Gasteiger partial charge in [-0.15, -0.1) is 0 Å². The molecule has 2 N–H and O–H groups in total. The topological polar surface area (TPSA) is 70.5 Å². The predicted molar refractivity (Wildman–Crippen MR) is 73.5 cm³/mol. The maximum atomic E-state index is 5.83. The van der Waals surface area contributed by atoms with Crippen LogP contribution in [0, 0.1) is 0 Å². The average molecular weight is 262 g/mol. The van der Waals surface area contributed by atoms with Gasteiger partial charge in [0.05, 0.1) is 14.2 Å². The van der Waals surface area contributed by atoms with Crippen LogP contribution in [0.1, 0.15) is 18.9 Å². The first kappa shape index (κ1) is 13.3. The molecule has 1 aromatic heterocycles. The van der Waals surface area contributed by atoms with Gasteiger partial charge in [-0.3, -0.25) is 0 Å². The molecule has 2 aromatic rings. The van der Waals surface area contributed by atoms with Gasteiger partial charge in [-0.05, 0) is 24.6 Å². The molecule has 5 nitrogen and oxygen atoms in total. The van der Waals surface area contributed by atoms with E-state index in [2.05, 4.69) is 12.1 Å². The molecule has 0 saturated carbocycles. The number of nitrogen functional groups attached to an aromatic ring is 1. The van der Waals surface area contributed by atoms with Gasteiger partial charge in [0.2, 0.25) is 0 Å². The van der Waals surface area contributed by atoms with Gasteiger partial charge in [0.1, 0.15) is 0 Å². The fourth-order valence-electron chi connectivity index (χ4n) is 2.02. The molecule has 0 fully saturated rings. The molecule has 0 saturated heterocycles. The Morgan fingerprint density at radius 3 is 2.58 bits per heavy atom. The van der Waals surface area contributed by atoms with E-state index in [9.17, 15) is 0 Å². The fourth-order valence-corrected chi connectivity index (χ4v) is 2.02. The van der Waals surface area contributed by atoms with Crippen LogP contribution in [0.2, 0.25) is 0 Å². The Balaban J connectivity index is 2.47. The van der Waals surface area contributed by atoms with Crippen molar-refractivity contribution >= 4 is 5.82 Å². The first-order valence-electron chi connectivity index (χ1n) is 6.17. The van der Waals surface area contributed by atoms with E-state index in [4.69, 9.17) is 19.7 Å². The number of ether oxygens (including phenoxy) is 2. The summed E-state index contributed by atoms with van der Waals surface area (Å²) in [7, 11) is 3.20. The lowest BCUT2D eigenvalue weighted by molar-refractivity contribution is 0.355. The zero-order valence-electron chi connectivity index (χ0n) is 11.4. The molecule has 0 radical (unpaired) electrons. The standard InChI is InChI=1S/C14H18N2O3/c1-4-5-10-13(19-16-14(10)15)9-6-7-11(17-2)12(8-9)18-3/h6-8H,4-5H2,1-3H3,(H2,15,16). The van der Waals surface area contributed by atoms with Crippen LogP contribution in [0.25, 0.3) is 11.3 Å². The first-order valence-corrected chi connectivity index (χ1v) is 6.17. The van der Waals surface area contributed by atoms with E-state index in [0.29, 0.717) is 23.1 Å². The van der Waals surface area contributed by atoms with Crippen molar-refractivity contribution in [1.82, 2.24) is 5.16 Å². The van der Waals surface area contributed by atoms with Gasteiger partial charge in [-0.25, -0.2) is 0 Å². The summed E-state index contributed by atoms with van der Waals surface area (Å²) in [4.78, 5) is 0. The molecular formula is C14H18N2O3. The van der Waals surface area contributed by atoms with E-state index in [1.54, 1.807) is 14.2 Å². The van der Waals surface area contributed by atoms with Gasteiger partial charge in [-0.1, -0.05) is 18.5 Å². The summed E-state index contributed by atoms with van der Waals surface area (Å²) < 4.78 is 15.8. The zero-order chi connectivity index (χ0) is 13.8. The summed E-state index contributed by atoms with van der Waals surface area (Å²) in [6, 6.07) is 5.60. The maximum absolute atomic E-state index is 5.83. The van der Waals surface area contributed by atoms with Gasteiger partial charge in [-0.2, -0.15) is 0 Å². The number of hydrogen-bond acceptors (Lipinski definition) is 5. The summed E-state index contributed by atoms with van der Waals surface area (Å²) in [5.41, 5.74) is 7.65. The van der Waals surface area contributed by atoms with Gasteiger partial charge in [0.15, 0.2) is 23.1 Å². The molecule has 0 atom stereocenters. The van der Waals surface area contributed by atoms with Crippen molar-refractivity contribution in [3.8, 4) is 22.8 Å². The van der Waals surface area contributed by atoms with E-state index >= 15 is 0 Å². The highest BCUT2D eigenvalue weighted by Crippen LogP contribution is 2.35. The first-order chi connectivity index (χ1) is 9.21. The Bertz CT molecular complexity index is 564. The largest absolute Gasteiger partial charge is 0.493 e. The van der Waals surface area contributed by atoms with Crippen molar-refractivity contribution in [2.75, 3.05) is 20.0 Å². The van der Waals surface area contributed by atoms with Crippen LogP contribution in [-0.2, 0) is 6.42 Å². The lowest BCUT2D eigenvalue weighted by Crippen LogP contribution is -1.94. The molecule has 0 unspecified atom stereocenters. The molecule has 5 heteroatoms. The second kappa shape index (κ2) is 5.65. The molecule has 19 heavy (non-hydrogen) atoms. The average Bonchev–Trinajstić information content (AvgIpc) is 2.80. The molecule has 0 spiro atoms. The minimum atomic E-state index is 0.451. The lowest BCUT2D eigenvalue weighted by atomic mass is 10.0. The van der Waals surface area contributed by atoms with Crippen LogP contribution in [0.5, 0.6) is 11.5 Å². The van der Waals surface area contributed by atoms with E-state index in [1.165, 1.54) is 0 Å². The Kier molecular flexibility index (Phi) is 3.94. The highest BCUT2D eigenvalue weighted by atomic mass is 16.5. The van der Waals surface area contributed by atoms with Gasteiger partial charge >= 0.3 is 0 Å². The third-order valence-electron chi connectivity index (χ3n) is 2.96. The number of anilines is 1. The molecule has 0 aliphatic heterocycles. The van der Waals surface area contributed by atoms with Crippen molar-refractivity contribution in [1.29, 1.82) is 0 Å². The number of hydrogen-bond donors (Lipinski definition) is 1. The summed E-state index contributed by atoms with van der Waals surface area (Å²) in [6.07, 6.45) is 1.81. The van der Waals surface area contributed by atoms with Crippen molar-refractivity contribution in [2.45, 2.75) is 19.8 Å². The van der Waals surface area contributed by atoms with E-state index in [0.717, 1.165) is 24.0 Å². The number of rotatable bonds is 5. The maximum Gasteiger partial charge on any atom is 0.172 e. The quantitative estimate of drug-likeness (QED) is 0.897. The van der Waals surface area contributed by atoms with Crippen LogP contribution in [0.3, 0.4) is 0 Å². The smallest absolute Gasteiger partial charge is 0.172 e. The van der Waals surface area contributed by atoms with Crippen molar-refractivity contribution in [3.63, 3.8) is 0 Å². The fraction of sp³-hybridized carbons (Fsp3) is 0.357. The predicted octanol–water partition coefficient (Wildman–Crippen LogP) is 2.89. The van der Waals surface area contributed by atoms with Crippen molar-refractivity contribution < 1.29 is 14.0 Å². The third kappa shape index (κ3) is 2.50. The molecule has 1 heterocycles. The molecule has 2 rings (SSSR count). The van der Waals surface area contributed by atoms with Crippen LogP contribution in [-0.4, -0.2) is 19.4 Å². The molecule has 0 aliphatic carbocycles.